The molecule has 1 heterocycles. The van der Waals surface area contributed by atoms with E-state index in [1.807, 2.05) is 4.90 Å². The van der Waals surface area contributed by atoms with Crippen LogP contribution in [0.5, 0.6) is 0 Å². The molecule has 0 aromatic heterocycles. The van der Waals surface area contributed by atoms with E-state index in [0.717, 1.165) is 38.1 Å². The quantitative estimate of drug-likeness (QED) is 0.816. The fourth-order valence-corrected chi connectivity index (χ4v) is 3.27. The minimum absolute atomic E-state index is 0.0544. The summed E-state index contributed by atoms with van der Waals surface area (Å²) in [6.45, 7) is 3.59. The molecule has 0 bridgehead atoms. The fraction of sp³-hybridized carbons (Fsp3) is 0.333. The highest BCUT2D eigenvalue weighted by Crippen LogP contribution is 2.29. The zero-order valence-electron chi connectivity index (χ0n) is 15.4. The van der Waals surface area contributed by atoms with E-state index < -0.39 is 17.6 Å². The van der Waals surface area contributed by atoms with Crippen molar-refractivity contribution in [2.24, 2.45) is 5.92 Å². The zero-order chi connectivity index (χ0) is 20.3. The minimum Gasteiger partial charge on any atom is -0.338 e. The zero-order valence-corrected chi connectivity index (χ0v) is 15.4. The first-order valence-electron chi connectivity index (χ1n) is 9.12. The highest BCUT2D eigenvalue weighted by Gasteiger charge is 2.30. The predicted octanol–water partition coefficient (Wildman–Crippen LogP) is 4.83. The first-order chi connectivity index (χ1) is 13.2. The second kappa shape index (κ2) is 8.04. The minimum atomic E-state index is -4.42. The maximum absolute atomic E-state index is 12.6. The molecule has 0 radical (unpaired) electrons. The Morgan fingerprint density at radius 1 is 1.00 bits per heavy atom. The normalized spacial score (nSPS) is 17.3. The summed E-state index contributed by atoms with van der Waals surface area (Å²) >= 11 is 0. The lowest BCUT2D eigenvalue weighted by atomic mass is 9.99. The molecule has 2 amide bonds. The SMILES string of the molecule is CC1CCCN(C(=O)c2ccc(C(=O)Nc3ccc(C(F)(F)F)cc3)cc2)C1. The van der Waals surface area contributed by atoms with Crippen molar-refractivity contribution in [3.63, 3.8) is 0 Å². The van der Waals surface area contributed by atoms with Crippen molar-refractivity contribution in [2.45, 2.75) is 25.9 Å². The summed E-state index contributed by atoms with van der Waals surface area (Å²) in [7, 11) is 0. The third kappa shape index (κ3) is 4.71. The molecule has 3 rings (SSSR count). The second-order valence-electron chi connectivity index (χ2n) is 7.11. The number of halogens is 3. The standard InChI is InChI=1S/C21H21F3N2O2/c1-14-3-2-12-26(13-14)20(28)16-6-4-15(5-7-16)19(27)25-18-10-8-17(9-11-18)21(22,23)24/h4-11,14H,2-3,12-13H2,1H3,(H,25,27). The average Bonchev–Trinajstić information content (AvgIpc) is 2.67. The molecule has 1 unspecified atom stereocenters. The van der Waals surface area contributed by atoms with Gasteiger partial charge in [-0.3, -0.25) is 9.59 Å². The summed E-state index contributed by atoms with van der Waals surface area (Å²) in [5.74, 6) is -0.0296. The smallest absolute Gasteiger partial charge is 0.338 e. The van der Waals surface area contributed by atoms with Crippen LogP contribution in [0.25, 0.3) is 0 Å². The highest BCUT2D eigenvalue weighted by atomic mass is 19.4. The van der Waals surface area contributed by atoms with Crippen molar-refractivity contribution in [1.29, 1.82) is 0 Å². The Morgan fingerprint density at radius 3 is 2.18 bits per heavy atom. The topological polar surface area (TPSA) is 49.4 Å². The second-order valence-corrected chi connectivity index (χ2v) is 7.11. The number of amides is 2. The molecule has 28 heavy (non-hydrogen) atoms. The third-order valence-corrected chi connectivity index (χ3v) is 4.81. The van der Waals surface area contributed by atoms with Crippen molar-refractivity contribution in [3.8, 4) is 0 Å². The highest BCUT2D eigenvalue weighted by molar-refractivity contribution is 6.05. The molecule has 1 saturated heterocycles. The number of rotatable bonds is 3. The van der Waals surface area contributed by atoms with Crippen LogP contribution in [0.3, 0.4) is 0 Å². The Balaban J connectivity index is 1.64. The van der Waals surface area contributed by atoms with E-state index in [-0.39, 0.29) is 11.6 Å². The van der Waals surface area contributed by atoms with Gasteiger partial charge < -0.3 is 10.2 Å². The van der Waals surface area contributed by atoms with Gasteiger partial charge in [-0.2, -0.15) is 13.2 Å². The van der Waals surface area contributed by atoms with Crippen LogP contribution in [0.15, 0.2) is 48.5 Å². The number of alkyl halides is 3. The molecule has 1 aliphatic rings. The van der Waals surface area contributed by atoms with Crippen LogP contribution < -0.4 is 5.32 Å². The Hall–Kier alpha value is -2.83. The average molecular weight is 390 g/mol. The number of piperidine rings is 1. The molecular formula is C21H21F3N2O2. The fourth-order valence-electron chi connectivity index (χ4n) is 3.27. The lowest BCUT2D eigenvalue weighted by Crippen LogP contribution is -2.39. The molecular weight excluding hydrogens is 369 g/mol. The van der Waals surface area contributed by atoms with Gasteiger partial charge in [-0.25, -0.2) is 0 Å². The van der Waals surface area contributed by atoms with Crippen molar-refractivity contribution >= 4 is 17.5 Å². The molecule has 7 heteroatoms. The van der Waals surface area contributed by atoms with Gasteiger partial charge in [0.2, 0.25) is 0 Å². The Labute approximate surface area is 161 Å². The summed E-state index contributed by atoms with van der Waals surface area (Å²) in [5.41, 5.74) is 0.324. The van der Waals surface area contributed by atoms with Crippen molar-refractivity contribution < 1.29 is 22.8 Å². The molecule has 148 valence electrons. The number of nitrogens with one attached hydrogen (secondary N) is 1. The van der Waals surface area contributed by atoms with Crippen molar-refractivity contribution in [3.05, 3.63) is 65.2 Å². The van der Waals surface area contributed by atoms with Crippen LogP contribution in [0.4, 0.5) is 18.9 Å². The number of carbonyl (C=O) groups excluding carboxylic acids is 2. The maximum atomic E-state index is 12.6. The van der Waals surface area contributed by atoms with E-state index in [1.165, 1.54) is 12.1 Å². The molecule has 1 atom stereocenters. The van der Waals surface area contributed by atoms with Crippen LogP contribution in [-0.2, 0) is 6.18 Å². The molecule has 0 saturated carbocycles. The maximum Gasteiger partial charge on any atom is 0.416 e. The Bertz CT molecular complexity index is 845. The number of hydrogen-bond donors (Lipinski definition) is 1. The van der Waals surface area contributed by atoms with Crippen LogP contribution >= 0.6 is 0 Å². The molecule has 0 spiro atoms. The van der Waals surface area contributed by atoms with Gasteiger partial charge in [0.15, 0.2) is 0 Å². The van der Waals surface area contributed by atoms with Crippen molar-refractivity contribution in [1.82, 2.24) is 4.90 Å². The lowest BCUT2D eigenvalue weighted by Gasteiger charge is -2.31. The lowest BCUT2D eigenvalue weighted by molar-refractivity contribution is -0.137. The van der Waals surface area contributed by atoms with Crippen LogP contribution in [-0.4, -0.2) is 29.8 Å². The Kier molecular flexibility index (Phi) is 5.72. The first kappa shape index (κ1) is 19.9. The van der Waals surface area contributed by atoms with E-state index in [9.17, 15) is 22.8 Å². The number of benzene rings is 2. The molecule has 1 N–H and O–H groups in total. The van der Waals surface area contributed by atoms with Crippen LogP contribution in [0.1, 0.15) is 46.0 Å². The molecule has 2 aromatic carbocycles. The van der Waals surface area contributed by atoms with Gasteiger partial charge in [-0.1, -0.05) is 6.92 Å². The number of nitrogens with zero attached hydrogens (tertiary/aromatic N) is 1. The van der Waals surface area contributed by atoms with E-state index in [4.69, 9.17) is 0 Å². The monoisotopic (exact) mass is 390 g/mol. The summed E-state index contributed by atoms with van der Waals surface area (Å²) in [4.78, 5) is 26.7. The summed E-state index contributed by atoms with van der Waals surface area (Å²) < 4.78 is 37.8. The Morgan fingerprint density at radius 2 is 1.61 bits per heavy atom. The summed E-state index contributed by atoms with van der Waals surface area (Å²) in [6.07, 6.45) is -2.32. The van der Waals surface area contributed by atoms with Gasteiger partial charge in [-0.15, -0.1) is 0 Å². The molecule has 4 nitrogen and oxygen atoms in total. The molecule has 1 fully saturated rings. The van der Waals surface area contributed by atoms with Gasteiger partial charge in [0.25, 0.3) is 11.8 Å². The van der Waals surface area contributed by atoms with Gasteiger partial charge in [0, 0.05) is 29.9 Å². The third-order valence-electron chi connectivity index (χ3n) is 4.81. The summed E-state index contributed by atoms with van der Waals surface area (Å²) in [5, 5.41) is 2.55. The molecule has 0 aliphatic carbocycles. The largest absolute Gasteiger partial charge is 0.416 e. The van der Waals surface area contributed by atoms with E-state index >= 15 is 0 Å². The van der Waals surface area contributed by atoms with E-state index in [2.05, 4.69) is 12.2 Å². The van der Waals surface area contributed by atoms with Gasteiger partial charge >= 0.3 is 6.18 Å². The number of hydrogen-bond acceptors (Lipinski definition) is 2. The van der Waals surface area contributed by atoms with Gasteiger partial charge in [0.1, 0.15) is 0 Å². The predicted molar refractivity (Wildman–Crippen MR) is 100 cm³/mol. The van der Waals surface area contributed by atoms with E-state index in [1.54, 1.807) is 24.3 Å². The summed E-state index contributed by atoms with van der Waals surface area (Å²) in [6, 6.07) is 10.5. The molecule has 1 aliphatic heterocycles. The van der Waals surface area contributed by atoms with Gasteiger partial charge in [0.05, 0.1) is 5.56 Å². The number of likely N-dealkylation sites (tertiary alicyclic amines) is 1. The van der Waals surface area contributed by atoms with Crippen LogP contribution in [0.2, 0.25) is 0 Å². The van der Waals surface area contributed by atoms with E-state index in [0.29, 0.717) is 17.0 Å². The first-order valence-corrected chi connectivity index (χ1v) is 9.12. The van der Waals surface area contributed by atoms with Crippen LogP contribution in [0, 0.1) is 5.92 Å². The van der Waals surface area contributed by atoms with Crippen molar-refractivity contribution in [2.75, 3.05) is 18.4 Å². The van der Waals surface area contributed by atoms with Gasteiger partial charge in [-0.05, 0) is 67.3 Å². The number of anilines is 1. The molecule has 2 aromatic rings. The number of carbonyl (C=O) groups is 2.